The maximum absolute atomic E-state index is 13.5. The number of benzene rings is 2. The van der Waals surface area contributed by atoms with Crippen molar-refractivity contribution in [1.82, 2.24) is 4.72 Å². The van der Waals surface area contributed by atoms with E-state index in [1.165, 1.54) is 24.3 Å². The lowest BCUT2D eigenvalue weighted by molar-refractivity contribution is -0.110. The van der Waals surface area contributed by atoms with Crippen molar-refractivity contribution in [3.63, 3.8) is 0 Å². The maximum Gasteiger partial charge on any atom is 0.256 e. The Morgan fingerprint density at radius 3 is 2.60 bits per heavy atom. The predicted molar refractivity (Wildman–Crippen MR) is 90.2 cm³/mol. The number of nitrogens with one attached hydrogen (secondary N) is 2. The van der Waals surface area contributed by atoms with Gasteiger partial charge in [-0.05, 0) is 29.8 Å². The van der Waals surface area contributed by atoms with Gasteiger partial charge in [0.25, 0.3) is 5.91 Å². The average Bonchev–Trinajstić information content (AvgIpc) is 2.84. The molecule has 0 aliphatic carbocycles. The van der Waals surface area contributed by atoms with E-state index in [4.69, 9.17) is 0 Å². The van der Waals surface area contributed by atoms with Gasteiger partial charge in [-0.1, -0.05) is 19.1 Å². The van der Waals surface area contributed by atoms with Crippen molar-refractivity contribution < 1.29 is 22.0 Å². The highest BCUT2D eigenvalue weighted by molar-refractivity contribution is 7.89. The van der Waals surface area contributed by atoms with Crippen LogP contribution in [0.1, 0.15) is 18.1 Å². The molecule has 5 nitrogen and oxygen atoms in total. The van der Waals surface area contributed by atoms with E-state index in [1.807, 2.05) is 0 Å². The minimum absolute atomic E-state index is 0.0487. The zero-order valence-electron chi connectivity index (χ0n) is 13.1. The molecule has 2 N–H and O–H groups in total. The number of carbonyl (C=O) groups excluding carboxylic acids is 1. The predicted octanol–water partition coefficient (Wildman–Crippen LogP) is 2.76. The molecule has 1 heterocycles. The summed E-state index contributed by atoms with van der Waals surface area (Å²) in [7, 11) is -3.64. The lowest BCUT2D eigenvalue weighted by Crippen LogP contribution is -2.23. The van der Waals surface area contributed by atoms with Gasteiger partial charge >= 0.3 is 0 Å². The molecule has 0 atom stereocenters. The fraction of sp³-hybridized carbons (Fsp3) is 0.118. The summed E-state index contributed by atoms with van der Waals surface area (Å²) in [5, 5.41) is 2.46. The van der Waals surface area contributed by atoms with E-state index in [9.17, 15) is 22.0 Å². The van der Waals surface area contributed by atoms with E-state index in [-0.39, 0.29) is 28.3 Å². The Labute approximate surface area is 143 Å². The number of anilines is 1. The SMILES string of the molecule is CCNS(=O)(=O)c1cccc(/C=C2/C(=O)Nc3cc(F)c(F)cc32)c1. The van der Waals surface area contributed by atoms with Gasteiger partial charge in [0.2, 0.25) is 10.0 Å². The molecule has 0 unspecified atom stereocenters. The number of carbonyl (C=O) groups is 1. The molecule has 0 bridgehead atoms. The molecule has 8 heteroatoms. The van der Waals surface area contributed by atoms with Gasteiger partial charge in [-0.3, -0.25) is 4.79 Å². The lowest BCUT2D eigenvalue weighted by atomic mass is 10.0. The molecule has 0 radical (unpaired) electrons. The third kappa shape index (κ3) is 3.31. The Balaban J connectivity index is 2.06. The molecule has 25 heavy (non-hydrogen) atoms. The number of hydrogen-bond donors (Lipinski definition) is 2. The normalized spacial score (nSPS) is 15.3. The summed E-state index contributed by atoms with van der Waals surface area (Å²) in [6.07, 6.45) is 1.43. The molecule has 0 spiro atoms. The monoisotopic (exact) mass is 364 g/mol. The van der Waals surface area contributed by atoms with Gasteiger partial charge in [-0.15, -0.1) is 0 Å². The number of amides is 1. The second-order valence-electron chi connectivity index (χ2n) is 5.40. The van der Waals surface area contributed by atoms with Crippen LogP contribution in [-0.2, 0) is 14.8 Å². The first-order valence-electron chi connectivity index (χ1n) is 7.44. The van der Waals surface area contributed by atoms with Crippen LogP contribution in [0, 0.1) is 11.6 Å². The molecular weight excluding hydrogens is 350 g/mol. The number of fused-ring (bicyclic) bond motifs is 1. The molecular formula is C17H14F2N2O3S. The van der Waals surface area contributed by atoms with Crippen LogP contribution in [0.3, 0.4) is 0 Å². The van der Waals surface area contributed by atoms with Crippen molar-refractivity contribution in [3.8, 4) is 0 Å². The average molecular weight is 364 g/mol. The summed E-state index contributed by atoms with van der Waals surface area (Å²) in [6, 6.07) is 7.83. The molecule has 130 valence electrons. The van der Waals surface area contributed by atoms with Crippen molar-refractivity contribution in [3.05, 3.63) is 59.2 Å². The Bertz CT molecular complexity index is 1000. The van der Waals surface area contributed by atoms with Gasteiger partial charge in [0, 0.05) is 23.7 Å². The van der Waals surface area contributed by atoms with Gasteiger partial charge in [0.05, 0.1) is 10.6 Å². The van der Waals surface area contributed by atoms with Crippen LogP contribution in [0.4, 0.5) is 14.5 Å². The molecule has 3 rings (SSSR count). The summed E-state index contributed by atoms with van der Waals surface area (Å²) < 4.78 is 53.3. The zero-order valence-corrected chi connectivity index (χ0v) is 14.0. The Kier molecular flexibility index (Phi) is 4.40. The maximum atomic E-state index is 13.5. The Hall–Kier alpha value is -2.58. The van der Waals surface area contributed by atoms with Crippen LogP contribution in [0.5, 0.6) is 0 Å². The quantitative estimate of drug-likeness (QED) is 0.819. The number of halogens is 2. The highest BCUT2D eigenvalue weighted by Gasteiger charge is 2.26. The number of sulfonamides is 1. The fourth-order valence-corrected chi connectivity index (χ4v) is 3.64. The van der Waals surface area contributed by atoms with E-state index in [1.54, 1.807) is 13.0 Å². The molecule has 1 aliphatic heterocycles. The molecule has 2 aromatic carbocycles. The van der Waals surface area contributed by atoms with Gasteiger partial charge in [0.15, 0.2) is 11.6 Å². The van der Waals surface area contributed by atoms with Crippen LogP contribution in [-0.4, -0.2) is 20.9 Å². The van der Waals surface area contributed by atoms with Crippen molar-refractivity contribution in [1.29, 1.82) is 0 Å². The number of hydrogen-bond acceptors (Lipinski definition) is 3. The van der Waals surface area contributed by atoms with E-state index in [0.717, 1.165) is 12.1 Å². The highest BCUT2D eigenvalue weighted by atomic mass is 32.2. The molecule has 0 aromatic heterocycles. The van der Waals surface area contributed by atoms with Gasteiger partial charge in [0.1, 0.15) is 0 Å². The van der Waals surface area contributed by atoms with E-state index < -0.39 is 27.6 Å². The van der Waals surface area contributed by atoms with Gasteiger partial charge < -0.3 is 5.32 Å². The van der Waals surface area contributed by atoms with Crippen molar-refractivity contribution in [2.45, 2.75) is 11.8 Å². The topological polar surface area (TPSA) is 75.3 Å². The fourth-order valence-electron chi connectivity index (χ4n) is 2.54. The van der Waals surface area contributed by atoms with Crippen molar-refractivity contribution in [2.24, 2.45) is 0 Å². The third-order valence-electron chi connectivity index (χ3n) is 3.66. The minimum Gasteiger partial charge on any atom is -0.321 e. The summed E-state index contributed by atoms with van der Waals surface area (Å²) >= 11 is 0. The highest BCUT2D eigenvalue weighted by Crippen LogP contribution is 2.34. The van der Waals surface area contributed by atoms with Crippen LogP contribution in [0.25, 0.3) is 11.6 Å². The molecule has 2 aromatic rings. The molecule has 0 fully saturated rings. The van der Waals surface area contributed by atoms with E-state index in [2.05, 4.69) is 10.0 Å². The molecule has 1 amide bonds. The standard InChI is InChI=1S/C17H14F2N2O3S/c1-2-20-25(23,24)11-5-3-4-10(6-11)7-13-12-8-14(18)15(19)9-16(12)21-17(13)22/h3-9,20H,2H2,1H3,(H,21,22)/b13-7+. The Morgan fingerprint density at radius 1 is 1.16 bits per heavy atom. The van der Waals surface area contributed by atoms with Crippen LogP contribution in [0.2, 0.25) is 0 Å². The van der Waals surface area contributed by atoms with E-state index in [0.29, 0.717) is 5.56 Å². The van der Waals surface area contributed by atoms with Gasteiger partial charge in [-0.2, -0.15) is 0 Å². The first kappa shape index (κ1) is 17.2. The van der Waals surface area contributed by atoms with Crippen LogP contribution >= 0.6 is 0 Å². The second kappa shape index (κ2) is 6.38. The molecule has 1 aliphatic rings. The summed E-state index contributed by atoms with van der Waals surface area (Å²) in [5.74, 6) is -2.64. The smallest absolute Gasteiger partial charge is 0.256 e. The third-order valence-corrected chi connectivity index (χ3v) is 5.20. The van der Waals surface area contributed by atoms with Gasteiger partial charge in [-0.25, -0.2) is 21.9 Å². The summed E-state index contributed by atoms with van der Waals surface area (Å²) in [6.45, 7) is 1.91. The van der Waals surface area contributed by atoms with Crippen molar-refractivity contribution in [2.75, 3.05) is 11.9 Å². The summed E-state index contributed by atoms with van der Waals surface area (Å²) in [4.78, 5) is 12.1. The molecule has 0 saturated heterocycles. The van der Waals surface area contributed by atoms with Crippen molar-refractivity contribution >= 4 is 33.3 Å². The summed E-state index contributed by atoms with van der Waals surface area (Å²) in [5.41, 5.74) is 0.976. The number of rotatable bonds is 4. The van der Waals surface area contributed by atoms with E-state index >= 15 is 0 Å². The largest absolute Gasteiger partial charge is 0.321 e. The first-order chi connectivity index (χ1) is 11.8. The zero-order chi connectivity index (χ0) is 18.2. The lowest BCUT2D eigenvalue weighted by Gasteiger charge is -2.05. The Morgan fingerprint density at radius 2 is 1.88 bits per heavy atom. The minimum atomic E-state index is -3.64. The van der Waals surface area contributed by atoms with Crippen LogP contribution < -0.4 is 10.0 Å². The molecule has 0 saturated carbocycles. The van der Waals surface area contributed by atoms with Crippen LogP contribution in [0.15, 0.2) is 41.3 Å². The first-order valence-corrected chi connectivity index (χ1v) is 8.92. The second-order valence-corrected chi connectivity index (χ2v) is 7.16.